The zero-order valence-electron chi connectivity index (χ0n) is 16.2. The van der Waals surface area contributed by atoms with E-state index in [1.165, 1.54) is 0 Å². The highest BCUT2D eigenvalue weighted by molar-refractivity contribution is 6.04. The maximum atomic E-state index is 12.7. The summed E-state index contributed by atoms with van der Waals surface area (Å²) in [6.07, 6.45) is 7.02. The Balaban J connectivity index is 1.36. The summed E-state index contributed by atoms with van der Waals surface area (Å²) >= 11 is 0. The fourth-order valence-corrected chi connectivity index (χ4v) is 3.12. The zero-order chi connectivity index (χ0) is 20.5. The number of nitrogens with zero attached hydrogens (tertiary/aromatic N) is 5. The molecule has 0 aromatic carbocycles. The van der Waals surface area contributed by atoms with E-state index in [4.69, 9.17) is 4.74 Å². The van der Waals surface area contributed by atoms with Crippen molar-refractivity contribution in [3.05, 3.63) is 60.7 Å². The molecule has 0 radical (unpaired) electrons. The van der Waals surface area contributed by atoms with Crippen LogP contribution in [0.2, 0.25) is 0 Å². The highest BCUT2D eigenvalue weighted by atomic mass is 16.5. The number of anilines is 1. The molecule has 9 heteroatoms. The molecule has 1 amide bonds. The van der Waals surface area contributed by atoms with Gasteiger partial charge < -0.3 is 15.4 Å². The summed E-state index contributed by atoms with van der Waals surface area (Å²) in [5.41, 5.74) is 2.91. The lowest BCUT2D eigenvalue weighted by atomic mass is 10.2. The van der Waals surface area contributed by atoms with Gasteiger partial charge in [0.1, 0.15) is 11.9 Å². The largest absolute Gasteiger partial charge is 0.472 e. The number of aromatic nitrogens is 5. The average Bonchev–Trinajstić information content (AvgIpc) is 3.17. The third-order valence-corrected chi connectivity index (χ3v) is 4.84. The molecule has 5 rings (SSSR count). The second-order valence-electron chi connectivity index (χ2n) is 7.10. The molecule has 1 fully saturated rings. The van der Waals surface area contributed by atoms with Gasteiger partial charge >= 0.3 is 0 Å². The Labute approximate surface area is 172 Å². The van der Waals surface area contributed by atoms with Gasteiger partial charge in [-0.3, -0.25) is 9.48 Å². The second kappa shape index (κ2) is 7.53. The number of nitrogens with one attached hydrogen (secondary N) is 2. The van der Waals surface area contributed by atoms with Crippen LogP contribution in [-0.2, 0) is 7.05 Å². The topological polar surface area (TPSA) is 107 Å². The summed E-state index contributed by atoms with van der Waals surface area (Å²) < 4.78 is 7.45. The van der Waals surface area contributed by atoms with Gasteiger partial charge in [-0.05, 0) is 18.2 Å². The molecule has 4 aromatic heterocycles. The molecular weight excluding hydrogens is 382 g/mol. The number of pyridine rings is 3. The number of aryl methyl sites for hydroxylation is 1. The van der Waals surface area contributed by atoms with Gasteiger partial charge in [0.05, 0.1) is 17.4 Å². The summed E-state index contributed by atoms with van der Waals surface area (Å²) in [5, 5.41) is 11.0. The van der Waals surface area contributed by atoms with Crippen LogP contribution in [0.25, 0.3) is 22.2 Å². The van der Waals surface area contributed by atoms with E-state index in [0.717, 1.165) is 35.2 Å². The maximum absolute atomic E-state index is 12.7. The van der Waals surface area contributed by atoms with Gasteiger partial charge in [-0.2, -0.15) is 5.10 Å². The van der Waals surface area contributed by atoms with Crippen molar-refractivity contribution in [2.24, 2.45) is 7.05 Å². The van der Waals surface area contributed by atoms with E-state index in [0.29, 0.717) is 17.3 Å². The minimum Gasteiger partial charge on any atom is -0.472 e. The van der Waals surface area contributed by atoms with E-state index in [9.17, 15) is 4.79 Å². The number of fused-ring (bicyclic) bond motifs is 1. The van der Waals surface area contributed by atoms with Crippen molar-refractivity contribution >= 4 is 22.6 Å². The third kappa shape index (κ3) is 3.70. The summed E-state index contributed by atoms with van der Waals surface area (Å²) in [5.74, 6) is 0.568. The van der Waals surface area contributed by atoms with Gasteiger partial charge in [-0.1, -0.05) is 0 Å². The summed E-state index contributed by atoms with van der Waals surface area (Å²) in [6, 6.07) is 8.90. The van der Waals surface area contributed by atoms with E-state index in [-0.39, 0.29) is 12.0 Å². The molecule has 9 nitrogen and oxygen atoms in total. The summed E-state index contributed by atoms with van der Waals surface area (Å²) in [6.45, 7) is 1.57. The fraction of sp³-hybridized carbons (Fsp3) is 0.190. The van der Waals surface area contributed by atoms with E-state index in [1.54, 1.807) is 41.5 Å². The number of ether oxygens (including phenoxy) is 1. The molecule has 0 atom stereocenters. The number of carbonyl (C=O) groups excluding carboxylic acids is 1. The van der Waals surface area contributed by atoms with E-state index < -0.39 is 0 Å². The molecule has 0 bridgehead atoms. The van der Waals surface area contributed by atoms with E-state index >= 15 is 0 Å². The van der Waals surface area contributed by atoms with Crippen molar-refractivity contribution in [2.45, 2.75) is 6.10 Å². The Kier molecular flexibility index (Phi) is 4.56. The first-order valence-corrected chi connectivity index (χ1v) is 9.55. The van der Waals surface area contributed by atoms with Gasteiger partial charge in [-0.25, -0.2) is 15.0 Å². The molecule has 1 saturated heterocycles. The Hall–Kier alpha value is -3.85. The Morgan fingerprint density at radius 1 is 1.20 bits per heavy atom. The van der Waals surface area contributed by atoms with Crippen LogP contribution in [0.15, 0.2) is 55.1 Å². The minimum atomic E-state index is -0.288. The first kappa shape index (κ1) is 18.2. The molecule has 0 saturated carbocycles. The van der Waals surface area contributed by atoms with Crippen molar-refractivity contribution in [3.63, 3.8) is 0 Å². The Morgan fingerprint density at radius 2 is 2.10 bits per heavy atom. The molecular formula is C21H19N7O2. The predicted octanol–water partition coefficient (Wildman–Crippen LogP) is 2.03. The van der Waals surface area contributed by atoms with Crippen LogP contribution in [-0.4, -0.2) is 49.8 Å². The fourth-order valence-electron chi connectivity index (χ4n) is 3.12. The van der Waals surface area contributed by atoms with Gasteiger partial charge in [0, 0.05) is 67.4 Å². The molecule has 30 heavy (non-hydrogen) atoms. The predicted molar refractivity (Wildman–Crippen MR) is 111 cm³/mol. The highest BCUT2D eigenvalue weighted by Crippen LogP contribution is 2.22. The Morgan fingerprint density at radius 3 is 2.87 bits per heavy atom. The molecule has 5 heterocycles. The number of carbonyl (C=O) groups is 1. The van der Waals surface area contributed by atoms with Crippen LogP contribution in [0, 0.1) is 0 Å². The SMILES string of the molecule is Cn1cc(-c2ccc3cnc(NC(=O)c4ccnc(OC5CNC5)c4)cc3n2)cn1. The van der Waals surface area contributed by atoms with Crippen LogP contribution >= 0.6 is 0 Å². The smallest absolute Gasteiger partial charge is 0.257 e. The lowest BCUT2D eigenvalue weighted by molar-refractivity contribution is 0.102. The third-order valence-electron chi connectivity index (χ3n) is 4.84. The first-order valence-electron chi connectivity index (χ1n) is 9.55. The molecule has 0 unspecified atom stereocenters. The zero-order valence-corrected chi connectivity index (χ0v) is 16.2. The average molecular weight is 401 g/mol. The van der Waals surface area contributed by atoms with Crippen LogP contribution in [0.1, 0.15) is 10.4 Å². The van der Waals surface area contributed by atoms with E-state index in [2.05, 4.69) is 30.7 Å². The van der Waals surface area contributed by atoms with Crippen LogP contribution in [0.3, 0.4) is 0 Å². The second-order valence-corrected chi connectivity index (χ2v) is 7.10. The van der Waals surface area contributed by atoms with Gasteiger partial charge in [0.2, 0.25) is 5.88 Å². The molecule has 150 valence electrons. The van der Waals surface area contributed by atoms with Crippen LogP contribution in [0.4, 0.5) is 5.82 Å². The standard InChI is InChI=1S/C21H19N7O2/c1-28-12-15(9-25-28)17-3-2-14-8-24-19(7-18(14)26-17)27-21(29)13-4-5-23-20(6-13)30-16-10-22-11-16/h2-9,12,16,22H,10-11H2,1H3,(H,24,27,29). The maximum Gasteiger partial charge on any atom is 0.257 e. The molecule has 2 N–H and O–H groups in total. The van der Waals surface area contributed by atoms with Crippen molar-refractivity contribution in [1.29, 1.82) is 0 Å². The number of amides is 1. The molecule has 4 aromatic rings. The molecule has 0 spiro atoms. The monoisotopic (exact) mass is 401 g/mol. The molecule has 1 aliphatic rings. The highest BCUT2D eigenvalue weighted by Gasteiger charge is 2.19. The molecule has 1 aliphatic heterocycles. The Bertz CT molecular complexity index is 1230. The first-order chi connectivity index (χ1) is 14.6. The van der Waals surface area contributed by atoms with Crippen molar-refractivity contribution in [2.75, 3.05) is 18.4 Å². The summed E-state index contributed by atoms with van der Waals surface area (Å²) in [4.78, 5) is 25.9. The normalized spacial score (nSPS) is 13.8. The van der Waals surface area contributed by atoms with Crippen molar-refractivity contribution in [1.82, 2.24) is 30.0 Å². The molecule has 0 aliphatic carbocycles. The minimum absolute atomic E-state index is 0.0954. The van der Waals surface area contributed by atoms with Gasteiger partial charge in [0.25, 0.3) is 5.91 Å². The lowest BCUT2D eigenvalue weighted by Crippen LogP contribution is -2.50. The number of hydrogen-bond acceptors (Lipinski definition) is 7. The van der Waals surface area contributed by atoms with Crippen molar-refractivity contribution in [3.8, 4) is 17.1 Å². The van der Waals surface area contributed by atoms with Crippen molar-refractivity contribution < 1.29 is 9.53 Å². The number of rotatable bonds is 5. The lowest BCUT2D eigenvalue weighted by Gasteiger charge is -2.27. The van der Waals surface area contributed by atoms with Gasteiger partial charge in [-0.15, -0.1) is 0 Å². The van der Waals surface area contributed by atoms with Crippen LogP contribution in [0.5, 0.6) is 5.88 Å². The number of hydrogen-bond donors (Lipinski definition) is 2. The van der Waals surface area contributed by atoms with Crippen LogP contribution < -0.4 is 15.4 Å². The summed E-state index contributed by atoms with van der Waals surface area (Å²) in [7, 11) is 1.86. The quantitative estimate of drug-likeness (QED) is 0.527. The van der Waals surface area contributed by atoms with Gasteiger partial charge in [0.15, 0.2) is 0 Å². The van der Waals surface area contributed by atoms with E-state index in [1.807, 2.05) is 25.4 Å².